The molecule has 0 radical (unpaired) electrons. The Labute approximate surface area is 145 Å². The monoisotopic (exact) mass is 327 g/mol. The number of piperidine rings is 1. The minimum atomic E-state index is -0.410. The van der Waals surface area contributed by atoms with Crippen LogP contribution in [0.1, 0.15) is 57.8 Å². The normalized spacial score (nSPS) is 25.2. The zero-order valence-corrected chi connectivity index (χ0v) is 14.5. The van der Waals surface area contributed by atoms with Crippen LogP contribution in [0.3, 0.4) is 0 Å². The van der Waals surface area contributed by atoms with Crippen LogP contribution in [-0.4, -0.2) is 35.5 Å². The van der Waals surface area contributed by atoms with E-state index in [9.17, 15) is 4.79 Å². The lowest BCUT2D eigenvalue weighted by atomic mass is 9.83. The molecule has 2 heterocycles. The number of hydrogen-bond donors (Lipinski definition) is 2. The summed E-state index contributed by atoms with van der Waals surface area (Å²) in [4.78, 5) is 15.4. The molecule has 1 saturated heterocycles. The molecule has 2 fully saturated rings. The van der Waals surface area contributed by atoms with Crippen LogP contribution in [0.5, 0.6) is 0 Å². The number of hydrogen-bond acceptors (Lipinski definition) is 3. The van der Waals surface area contributed by atoms with Gasteiger partial charge in [-0.2, -0.15) is 0 Å². The number of carbonyl (C=O) groups excluding carboxylic acids is 1. The lowest BCUT2D eigenvalue weighted by Crippen LogP contribution is -2.59. The maximum Gasteiger partial charge on any atom is 0.250 e. The van der Waals surface area contributed by atoms with Crippen LogP contribution in [0.4, 0.5) is 11.4 Å². The van der Waals surface area contributed by atoms with Gasteiger partial charge in [0.1, 0.15) is 5.54 Å². The maximum absolute atomic E-state index is 12.7. The van der Waals surface area contributed by atoms with E-state index in [1.807, 2.05) is 18.2 Å². The fourth-order valence-corrected chi connectivity index (χ4v) is 4.68. The fourth-order valence-electron chi connectivity index (χ4n) is 4.68. The van der Waals surface area contributed by atoms with Crippen molar-refractivity contribution in [3.05, 3.63) is 24.3 Å². The van der Waals surface area contributed by atoms with Gasteiger partial charge in [0.05, 0.1) is 11.4 Å². The Balaban J connectivity index is 1.43. The SMILES string of the molecule is O=C1Nc2ccccc2NC12CCN(C1CCCCCCC1)CC2. The molecule has 130 valence electrons. The highest BCUT2D eigenvalue weighted by atomic mass is 16.2. The van der Waals surface area contributed by atoms with Gasteiger partial charge in [0.25, 0.3) is 0 Å². The van der Waals surface area contributed by atoms with Crippen molar-refractivity contribution in [2.75, 3.05) is 23.7 Å². The number of rotatable bonds is 1. The average Bonchev–Trinajstić information content (AvgIpc) is 2.57. The second-order valence-corrected chi connectivity index (χ2v) is 7.74. The van der Waals surface area contributed by atoms with Gasteiger partial charge in [-0.05, 0) is 37.8 Å². The fraction of sp³-hybridized carbons (Fsp3) is 0.650. The van der Waals surface area contributed by atoms with Gasteiger partial charge in [0.2, 0.25) is 5.91 Å². The first kappa shape index (κ1) is 15.9. The van der Waals surface area contributed by atoms with E-state index >= 15 is 0 Å². The third kappa shape index (κ3) is 3.04. The van der Waals surface area contributed by atoms with Crippen LogP contribution in [0.15, 0.2) is 24.3 Å². The highest BCUT2D eigenvalue weighted by Gasteiger charge is 2.44. The number of nitrogens with zero attached hydrogens (tertiary/aromatic N) is 1. The molecular formula is C20H29N3O. The van der Waals surface area contributed by atoms with Crippen LogP contribution in [-0.2, 0) is 4.79 Å². The van der Waals surface area contributed by atoms with E-state index in [4.69, 9.17) is 0 Å². The van der Waals surface area contributed by atoms with E-state index in [-0.39, 0.29) is 5.91 Å². The molecule has 0 bridgehead atoms. The van der Waals surface area contributed by atoms with Gasteiger partial charge in [0.15, 0.2) is 0 Å². The summed E-state index contributed by atoms with van der Waals surface area (Å²) in [6.45, 7) is 2.07. The predicted molar refractivity (Wildman–Crippen MR) is 98.3 cm³/mol. The zero-order chi connectivity index (χ0) is 16.4. The number of anilines is 2. The second-order valence-electron chi connectivity index (χ2n) is 7.74. The Hall–Kier alpha value is -1.55. The lowest BCUT2D eigenvalue weighted by molar-refractivity contribution is -0.122. The Morgan fingerprint density at radius 1 is 0.917 bits per heavy atom. The first-order valence-electron chi connectivity index (χ1n) is 9.70. The molecule has 4 nitrogen and oxygen atoms in total. The Morgan fingerprint density at radius 2 is 1.54 bits per heavy atom. The van der Waals surface area contributed by atoms with Crippen molar-refractivity contribution in [3.8, 4) is 0 Å². The van der Waals surface area contributed by atoms with E-state index in [2.05, 4.69) is 21.6 Å². The second kappa shape index (κ2) is 6.75. The Morgan fingerprint density at radius 3 is 2.25 bits per heavy atom. The van der Waals surface area contributed by atoms with E-state index in [0.29, 0.717) is 0 Å². The smallest absolute Gasteiger partial charge is 0.250 e. The number of para-hydroxylation sites is 2. The van der Waals surface area contributed by atoms with Gasteiger partial charge in [-0.1, -0.05) is 44.2 Å². The third-order valence-corrected chi connectivity index (χ3v) is 6.23. The Bertz CT molecular complexity index is 584. The number of nitrogens with one attached hydrogen (secondary N) is 2. The molecule has 1 amide bonds. The first-order valence-corrected chi connectivity index (χ1v) is 9.70. The summed E-state index contributed by atoms with van der Waals surface area (Å²) in [6.07, 6.45) is 11.5. The van der Waals surface area contributed by atoms with Crippen molar-refractivity contribution >= 4 is 17.3 Å². The summed E-state index contributed by atoms with van der Waals surface area (Å²) < 4.78 is 0. The van der Waals surface area contributed by atoms with Gasteiger partial charge < -0.3 is 15.5 Å². The highest BCUT2D eigenvalue weighted by molar-refractivity contribution is 6.06. The quantitative estimate of drug-likeness (QED) is 0.819. The minimum Gasteiger partial charge on any atom is -0.369 e. The summed E-state index contributed by atoms with van der Waals surface area (Å²) in [6, 6.07) is 8.77. The summed E-state index contributed by atoms with van der Waals surface area (Å²) in [7, 11) is 0. The molecule has 1 aromatic rings. The standard InChI is InChI=1S/C20H29N3O/c24-19-20(22-18-11-7-6-10-17(18)21-19)12-14-23(15-13-20)16-8-4-2-1-3-5-9-16/h6-7,10-11,16,22H,1-5,8-9,12-15H2,(H,21,24). The van der Waals surface area contributed by atoms with E-state index in [1.165, 1.54) is 44.9 Å². The maximum atomic E-state index is 12.7. The molecule has 0 atom stereocenters. The first-order chi connectivity index (χ1) is 11.8. The lowest BCUT2D eigenvalue weighted by Gasteiger charge is -2.46. The number of benzene rings is 1. The molecule has 2 aliphatic heterocycles. The van der Waals surface area contributed by atoms with Crippen LogP contribution in [0.25, 0.3) is 0 Å². The van der Waals surface area contributed by atoms with Crippen molar-refractivity contribution in [3.63, 3.8) is 0 Å². The molecule has 0 aromatic heterocycles. The molecule has 4 rings (SSSR count). The van der Waals surface area contributed by atoms with Crippen LogP contribution in [0.2, 0.25) is 0 Å². The Kier molecular flexibility index (Phi) is 4.49. The van der Waals surface area contributed by atoms with Crippen molar-refractivity contribution < 1.29 is 4.79 Å². The molecule has 1 saturated carbocycles. The molecule has 1 spiro atoms. The molecular weight excluding hydrogens is 298 g/mol. The molecule has 0 unspecified atom stereocenters. The van der Waals surface area contributed by atoms with Crippen molar-refractivity contribution in [1.29, 1.82) is 0 Å². The largest absolute Gasteiger partial charge is 0.369 e. The van der Waals surface area contributed by atoms with E-state index in [1.54, 1.807) is 0 Å². The summed E-state index contributed by atoms with van der Waals surface area (Å²) in [5, 5.41) is 6.68. The highest BCUT2D eigenvalue weighted by Crippen LogP contribution is 2.37. The molecule has 24 heavy (non-hydrogen) atoms. The summed E-state index contributed by atoms with van der Waals surface area (Å²) >= 11 is 0. The number of amides is 1. The van der Waals surface area contributed by atoms with Crippen LogP contribution in [0, 0.1) is 0 Å². The van der Waals surface area contributed by atoms with Gasteiger partial charge in [-0.3, -0.25) is 4.79 Å². The van der Waals surface area contributed by atoms with Gasteiger partial charge in [-0.25, -0.2) is 0 Å². The molecule has 2 N–H and O–H groups in total. The van der Waals surface area contributed by atoms with Crippen LogP contribution >= 0.6 is 0 Å². The average molecular weight is 327 g/mol. The van der Waals surface area contributed by atoms with Gasteiger partial charge >= 0.3 is 0 Å². The molecule has 1 aliphatic carbocycles. The van der Waals surface area contributed by atoms with Gasteiger partial charge in [0, 0.05) is 19.1 Å². The topological polar surface area (TPSA) is 44.4 Å². The third-order valence-electron chi connectivity index (χ3n) is 6.23. The molecule has 3 aliphatic rings. The van der Waals surface area contributed by atoms with E-state index in [0.717, 1.165) is 43.3 Å². The molecule has 4 heteroatoms. The zero-order valence-electron chi connectivity index (χ0n) is 14.5. The molecule has 1 aromatic carbocycles. The number of likely N-dealkylation sites (tertiary alicyclic amines) is 1. The predicted octanol–water partition coefficient (Wildman–Crippen LogP) is 4.00. The summed E-state index contributed by atoms with van der Waals surface area (Å²) in [5.74, 6) is 0.151. The van der Waals surface area contributed by atoms with E-state index < -0.39 is 5.54 Å². The number of carbonyl (C=O) groups is 1. The van der Waals surface area contributed by atoms with Crippen molar-refractivity contribution in [2.24, 2.45) is 0 Å². The van der Waals surface area contributed by atoms with Crippen LogP contribution < -0.4 is 10.6 Å². The van der Waals surface area contributed by atoms with Crippen molar-refractivity contribution in [1.82, 2.24) is 4.90 Å². The minimum absolute atomic E-state index is 0.151. The summed E-state index contributed by atoms with van der Waals surface area (Å²) in [5.41, 5.74) is 1.57. The number of fused-ring (bicyclic) bond motifs is 1. The van der Waals surface area contributed by atoms with Crippen molar-refractivity contribution in [2.45, 2.75) is 69.4 Å². The van der Waals surface area contributed by atoms with Gasteiger partial charge in [-0.15, -0.1) is 0 Å².